The zero-order valence-electron chi connectivity index (χ0n) is 18.4. The number of unbranched alkanes of at least 4 members (excludes halogenated alkanes) is 2. The van der Waals surface area contributed by atoms with Crippen LogP contribution >= 0.6 is 11.6 Å². The Morgan fingerprint density at radius 1 is 1.23 bits per heavy atom. The van der Waals surface area contributed by atoms with Gasteiger partial charge in [0.05, 0.1) is 19.3 Å². The van der Waals surface area contributed by atoms with Crippen molar-refractivity contribution >= 4 is 11.6 Å². The molecule has 0 radical (unpaired) electrons. The smallest absolute Gasteiger partial charge is 0.203 e. The van der Waals surface area contributed by atoms with E-state index in [0.29, 0.717) is 42.6 Å². The van der Waals surface area contributed by atoms with Gasteiger partial charge in [-0.05, 0) is 61.6 Å². The molecule has 3 rings (SSSR count). The van der Waals surface area contributed by atoms with E-state index in [-0.39, 0.29) is 6.10 Å². The molecule has 168 valence electrons. The molecule has 1 aromatic carbocycles. The normalized spacial score (nSPS) is 28.4. The number of halogens is 1. The van der Waals surface area contributed by atoms with Crippen LogP contribution in [0.15, 0.2) is 36.4 Å². The summed E-state index contributed by atoms with van der Waals surface area (Å²) in [5.41, 5.74) is 0. The highest BCUT2D eigenvalue weighted by atomic mass is 35.5. The molecule has 1 aliphatic carbocycles. The minimum Gasteiger partial charge on any atom is -0.488 e. The molecule has 5 heteroatoms. The van der Waals surface area contributed by atoms with Crippen LogP contribution in [0.25, 0.3) is 0 Å². The predicted molar refractivity (Wildman–Crippen MR) is 121 cm³/mol. The highest BCUT2D eigenvalue weighted by Crippen LogP contribution is 2.43. The zero-order chi connectivity index (χ0) is 21.4. The number of benzene rings is 1. The van der Waals surface area contributed by atoms with Crippen molar-refractivity contribution in [3.05, 3.63) is 41.4 Å². The molecule has 1 aromatic rings. The lowest BCUT2D eigenvalue weighted by Crippen LogP contribution is -2.38. The molecule has 2 fully saturated rings. The number of rotatable bonds is 11. The van der Waals surface area contributed by atoms with Crippen molar-refractivity contribution < 1.29 is 19.3 Å². The summed E-state index contributed by atoms with van der Waals surface area (Å²) in [7, 11) is 0. The molecule has 0 unspecified atom stereocenters. The number of hydrogen-bond acceptors (Lipinski definition) is 4. The Bertz CT molecular complexity index is 671. The lowest BCUT2D eigenvalue weighted by atomic mass is 9.83. The van der Waals surface area contributed by atoms with Gasteiger partial charge in [0, 0.05) is 11.4 Å². The van der Waals surface area contributed by atoms with E-state index in [4.69, 9.17) is 25.8 Å². The second-order valence-corrected chi connectivity index (χ2v) is 9.29. The average molecular weight is 437 g/mol. The molecule has 1 N–H and O–H groups in total. The molecule has 0 bridgehead atoms. The molecular formula is C25H37ClO4. The third kappa shape index (κ3) is 6.46. The Morgan fingerprint density at radius 3 is 2.77 bits per heavy atom. The number of hydrogen-bond donors (Lipinski definition) is 1. The van der Waals surface area contributed by atoms with Gasteiger partial charge in [-0.1, -0.05) is 56.5 Å². The Labute approximate surface area is 186 Å². The quantitative estimate of drug-likeness (QED) is 0.340. The van der Waals surface area contributed by atoms with Crippen LogP contribution < -0.4 is 4.74 Å². The van der Waals surface area contributed by atoms with Crippen molar-refractivity contribution in [2.45, 2.75) is 70.7 Å². The maximum absolute atomic E-state index is 10.6. The summed E-state index contributed by atoms with van der Waals surface area (Å²) in [5.74, 6) is 1.29. The molecule has 0 amide bonds. The summed E-state index contributed by atoms with van der Waals surface area (Å²) in [6.07, 6.45) is 11.5. The lowest BCUT2D eigenvalue weighted by Gasteiger charge is -2.31. The van der Waals surface area contributed by atoms with E-state index in [1.807, 2.05) is 18.2 Å². The van der Waals surface area contributed by atoms with Crippen LogP contribution in [0.1, 0.15) is 58.8 Å². The van der Waals surface area contributed by atoms with E-state index >= 15 is 0 Å². The van der Waals surface area contributed by atoms with E-state index in [2.05, 4.69) is 26.0 Å². The minimum atomic E-state index is -0.711. The zero-order valence-corrected chi connectivity index (χ0v) is 19.2. The third-order valence-electron chi connectivity index (χ3n) is 6.61. The maximum atomic E-state index is 10.6. The molecule has 1 saturated carbocycles. The fourth-order valence-electron chi connectivity index (χ4n) is 4.89. The summed E-state index contributed by atoms with van der Waals surface area (Å²) in [4.78, 5) is 0. The number of allylic oxidation sites excluding steroid dienone is 2. The molecule has 0 aromatic heterocycles. The van der Waals surface area contributed by atoms with Crippen molar-refractivity contribution in [2.75, 3.05) is 19.8 Å². The van der Waals surface area contributed by atoms with E-state index in [1.54, 1.807) is 6.07 Å². The van der Waals surface area contributed by atoms with Gasteiger partial charge >= 0.3 is 0 Å². The van der Waals surface area contributed by atoms with Crippen molar-refractivity contribution in [1.29, 1.82) is 0 Å². The van der Waals surface area contributed by atoms with Crippen molar-refractivity contribution in [3.8, 4) is 5.75 Å². The summed E-state index contributed by atoms with van der Waals surface area (Å²) in [5, 5.41) is 11.3. The van der Waals surface area contributed by atoms with Gasteiger partial charge in [-0.15, -0.1) is 0 Å². The lowest BCUT2D eigenvalue weighted by molar-refractivity contribution is -0.184. The van der Waals surface area contributed by atoms with Gasteiger partial charge in [0.1, 0.15) is 12.4 Å². The molecular weight excluding hydrogens is 400 g/mol. The first-order valence-electron chi connectivity index (χ1n) is 11.5. The van der Waals surface area contributed by atoms with Gasteiger partial charge in [0.25, 0.3) is 0 Å². The van der Waals surface area contributed by atoms with Gasteiger partial charge in [-0.25, -0.2) is 0 Å². The number of aliphatic hydroxyl groups is 1. The van der Waals surface area contributed by atoms with Crippen molar-refractivity contribution in [1.82, 2.24) is 0 Å². The third-order valence-corrected chi connectivity index (χ3v) is 6.85. The Morgan fingerprint density at radius 2 is 2.03 bits per heavy atom. The highest BCUT2D eigenvalue weighted by Gasteiger charge is 2.43. The SMILES string of the molecule is CCCC/C=C\C[C@@H]1[C@@H](CCC2(COc3cccc(Cl)c3)OCCO2)[C@H](C)C[C@@H]1O. The summed E-state index contributed by atoms with van der Waals surface area (Å²) in [6, 6.07) is 7.41. The molecule has 2 aliphatic rings. The second-order valence-electron chi connectivity index (χ2n) is 8.85. The largest absolute Gasteiger partial charge is 0.488 e. The van der Waals surface area contributed by atoms with E-state index in [1.165, 1.54) is 12.8 Å². The fraction of sp³-hybridized carbons (Fsp3) is 0.680. The topological polar surface area (TPSA) is 47.9 Å². The molecule has 1 saturated heterocycles. The Hall–Kier alpha value is -1.07. The Kier molecular flexibility index (Phi) is 9.06. The van der Waals surface area contributed by atoms with Gasteiger partial charge in [-0.3, -0.25) is 0 Å². The van der Waals surface area contributed by atoms with Crippen LogP contribution in [0, 0.1) is 17.8 Å². The molecule has 4 atom stereocenters. The fourth-order valence-corrected chi connectivity index (χ4v) is 5.08. The average Bonchev–Trinajstić information content (AvgIpc) is 3.29. The first-order chi connectivity index (χ1) is 14.5. The summed E-state index contributed by atoms with van der Waals surface area (Å²) < 4.78 is 18.0. The van der Waals surface area contributed by atoms with Gasteiger partial charge in [0.2, 0.25) is 5.79 Å². The molecule has 1 heterocycles. The van der Waals surface area contributed by atoms with Crippen LogP contribution in [-0.4, -0.2) is 36.8 Å². The number of aliphatic hydroxyl groups excluding tert-OH is 1. The van der Waals surface area contributed by atoms with E-state index < -0.39 is 5.79 Å². The van der Waals surface area contributed by atoms with Crippen LogP contribution in [0.4, 0.5) is 0 Å². The van der Waals surface area contributed by atoms with Crippen LogP contribution in [0.3, 0.4) is 0 Å². The number of ether oxygens (including phenoxy) is 3. The monoisotopic (exact) mass is 436 g/mol. The first-order valence-corrected chi connectivity index (χ1v) is 11.9. The molecule has 4 nitrogen and oxygen atoms in total. The maximum Gasteiger partial charge on any atom is 0.203 e. The van der Waals surface area contributed by atoms with E-state index in [9.17, 15) is 5.11 Å². The van der Waals surface area contributed by atoms with Crippen molar-refractivity contribution in [3.63, 3.8) is 0 Å². The molecule has 0 spiro atoms. The van der Waals surface area contributed by atoms with Crippen LogP contribution in [0.5, 0.6) is 5.75 Å². The standard InChI is InChI=1S/C25H37ClO4/c1-3-4-5-6-7-11-23-22(19(2)16-24(23)27)12-13-25(29-14-15-30-25)18-28-21-10-8-9-20(26)17-21/h6-10,17,19,22-24,27H,3-5,11-16,18H2,1-2H3/b7-6-/t19-,22+,23-,24+/m1/s1. The minimum absolute atomic E-state index is 0.218. The van der Waals surface area contributed by atoms with Gasteiger partial charge < -0.3 is 19.3 Å². The predicted octanol–water partition coefficient (Wildman–Crippen LogP) is 6.01. The van der Waals surface area contributed by atoms with Crippen LogP contribution in [-0.2, 0) is 9.47 Å². The van der Waals surface area contributed by atoms with Crippen LogP contribution in [0.2, 0.25) is 5.02 Å². The Balaban J connectivity index is 1.57. The van der Waals surface area contributed by atoms with Crippen molar-refractivity contribution in [2.24, 2.45) is 17.8 Å². The van der Waals surface area contributed by atoms with Gasteiger partial charge in [0.15, 0.2) is 0 Å². The second kappa shape index (κ2) is 11.5. The van der Waals surface area contributed by atoms with E-state index in [0.717, 1.165) is 37.9 Å². The summed E-state index contributed by atoms with van der Waals surface area (Å²) >= 11 is 6.07. The molecule has 30 heavy (non-hydrogen) atoms. The first kappa shape index (κ1) is 23.6. The van der Waals surface area contributed by atoms with Gasteiger partial charge in [-0.2, -0.15) is 0 Å². The highest BCUT2D eigenvalue weighted by molar-refractivity contribution is 6.30. The summed E-state index contributed by atoms with van der Waals surface area (Å²) in [6.45, 7) is 6.00. The molecule has 1 aliphatic heterocycles.